The number of nitrogens with two attached hydrogens (primary N) is 2. The minimum Gasteiger partial charge on any atom is -0.491 e. The van der Waals surface area contributed by atoms with E-state index in [-0.39, 0.29) is 54.9 Å². The molecule has 2 saturated heterocycles. The van der Waals surface area contributed by atoms with Crippen LogP contribution in [0.3, 0.4) is 0 Å². The molecule has 4 rings (SSSR count). The fourth-order valence-corrected chi connectivity index (χ4v) is 4.75. The van der Waals surface area contributed by atoms with Crippen LogP contribution in [-0.4, -0.2) is 65.8 Å². The number of piperidine rings is 2. The molecule has 3 aliphatic rings. The Kier molecular flexibility index (Phi) is 7.47. The third kappa shape index (κ3) is 5.29. The molecule has 0 aliphatic carbocycles. The number of benzene rings is 1. The summed E-state index contributed by atoms with van der Waals surface area (Å²) in [5.74, 6) is -0.568. The number of imide groups is 1. The second kappa shape index (κ2) is 10.7. The summed E-state index contributed by atoms with van der Waals surface area (Å²) in [6.07, 6.45) is 6.01. The lowest BCUT2D eigenvalue weighted by Crippen LogP contribution is -2.52. The number of allylic oxidation sites excluding steroid dienone is 2. The summed E-state index contributed by atoms with van der Waals surface area (Å²) in [4.78, 5) is 52.7. The fourth-order valence-electron chi connectivity index (χ4n) is 4.75. The second-order valence-electron chi connectivity index (χ2n) is 9.07. The molecule has 5 N–H and O–H groups in total. The van der Waals surface area contributed by atoms with Gasteiger partial charge in [0.2, 0.25) is 11.8 Å². The minimum atomic E-state index is -0.665. The number of carbonyl (C=O) groups excluding carboxylic acids is 4. The van der Waals surface area contributed by atoms with Crippen LogP contribution in [0.4, 0.5) is 0 Å². The van der Waals surface area contributed by atoms with Crippen molar-refractivity contribution in [2.45, 2.75) is 50.7 Å². The van der Waals surface area contributed by atoms with Crippen molar-refractivity contribution >= 4 is 23.6 Å². The van der Waals surface area contributed by atoms with E-state index in [1.807, 2.05) is 0 Å². The molecule has 11 nitrogen and oxygen atoms in total. The van der Waals surface area contributed by atoms with Crippen molar-refractivity contribution in [2.24, 2.45) is 11.5 Å². The maximum absolute atomic E-state index is 12.9. The first-order valence-electron chi connectivity index (χ1n) is 12.0. The Hall–Kier alpha value is -4.02. The third-order valence-electron chi connectivity index (χ3n) is 6.74. The Morgan fingerprint density at radius 2 is 1.97 bits per heavy atom. The SMILES string of the molecule is CO/C(N)=C/C=C(\N)C(=O)N1CCCCC1COc1ccc2c(c1)CN(C1CCC(=O)NC1=O)C2=O. The van der Waals surface area contributed by atoms with Crippen LogP contribution < -0.4 is 21.5 Å². The lowest BCUT2D eigenvalue weighted by Gasteiger charge is -2.35. The van der Waals surface area contributed by atoms with E-state index in [0.29, 0.717) is 24.3 Å². The predicted molar refractivity (Wildman–Crippen MR) is 129 cm³/mol. The molecular weight excluding hydrogens is 466 g/mol. The van der Waals surface area contributed by atoms with E-state index in [4.69, 9.17) is 20.9 Å². The number of hydrogen-bond donors (Lipinski definition) is 3. The number of nitrogens with one attached hydrogen (secondary N) is 1. The molecule has 2 atom stereocenters. The quantitative estimate of drug-likeness (QED) is 0.213. The van der Waals surface area contributed by atoms with Crippen LogP contribution in [0.15, 0.2) is 41.9 Å². The normalized spacial score (nSPS) is 22.9. The van der Waals surface area contributed by atoms with Crippen LogP contribution in [-0.2, 0) is 25.7 Å². The maximum Gasteiger partial charge on any atom is 0.270 e. The molecule has 0 aromatic heterocycles. The van der Waals surface area contributed by atoms with Gasteiger partial charge in [-0.1, -0.05) is 0 Å². The van der Waals surface area contributed by atoms with E-state index in [9.17, 15) is 19.2 Å². The Balaban J connectivity index is 1.40. The van der Waals surface area contributed by atoms with Gasteiger partial charge < -0.3 is 30.7 Å². The van der Waals surface area contributed by atoms with Gasteiger partial charge in [-0.25, -0.2) is 0 Å². The van der Waals surface area contributed by atoms with Gasteiger partial charge in [0, 0.05) is 25.1 Å². The van der Waals surface area contributed by atoms with Crippen molar-refractivity contribution in [2.75, 3.05) is 20.3 Å². The Bertz CT molecular complexity index is 1130. The van der Waals surface area contributed by atoms with E-state index in [1.54, 1.807) is 23.1 Å². The third-order valence-corrected chi connectivity index (χ3v) is 6.74. The fraction of sp³-hybridized carbons (Fsp3) is 0.440. The van der Waals surface area contributed by atoms with Gasteiger partial charge in [0.15, 0.2) is 5.88 Å². The molecule has 0 spiro atoms. The van der Waals surface area contributed by atoms with Crippen molar-refractivity contribution in [3.8, 4) is 5.75 Å². The number of amides is 4. The molecule has 3 aliphatic heterocycles. The summed E-state index contributed by atoms with van der Waals surface area (Å²) in [5.41, 5.74) is 12.9. The van der Waals surface area contributed by atoms with E-state index in [1.165, 1.54) is 24.2 Å². The van der Waals surface area contributed by atoms with E-state index < -0.39 is 11.9 Å². The van der Waals surface area contributed by atoms with Crippen molar-refractivity contribution in [1.29, 1.82) is 0 Å². The van der Waals surface area contributed by atoms with E-state index in [2.05, 4.69) is 5.32 Å². The molecule has 2 unspecified atom stereocenters. The number of rotatable bonds is 7. The van der Waals surface area contributed by atoms with Gasteiger partial charge in [-0.3, -0.25) is 24.5 Å². The molecule has 0 radical (unpaired) electrons. The lowest BCUT2D eigenvalue weighted by molar-refractivity contribution is -0.137. The minimum absolute atomic E-state index is 0.0616. The molecular formula is C25H31N5O6. The Labute approximate surface area is 209 Å². The van der Waals surface area contributed by atoms with Gasteiger partial charge in [0.25, 0.3) is 11.8 Å². The standard InChI is InChI=1S/C25H31N5O6/c1-35-21(27)9-7-19(26)25(34)29-11-3-2-4-16(29)14-36-17-5-6-18-15(12-17)13-30(24(18)33)20-8-10-22(31)28-23(20)32/h5-7,9,12,16,20H,2-4,8,10-11,13-14,26-27H2,1H3,(H,28,31,32)/b19-7-,21-9+. The summed E-state index contributed by atoms with van der Waals surface area (Å²) in [6, 6.07) is 4.38. The Morgan fingerprint density at radius 1 is 1.17 bits per heavy atom. The summed E-state index contributed by atoms with van der Waals surface area (Å²) in [5, 5.41) is 2.30. The number of likely N-dealkylation sites (tertiary alicyclic amines) is 1. The molecule has 2 fully saturated rings. The van der Waals surface area contributed by atoms with Gasteiger partial charge in [-0.2, -0.15) is 0 Å². The molecule has 0 bridgehead atoms. The molecule has 3 heterocycles. The highest BCUT2D eigenvalue weighted by atomic mass is 16.5. The van der Waals surface area contributed by atoms with Crippen LogP contribution in [0.5, 0.6) is 5.75 Å². The van der Waals surface area contributed by atoms with Crippen LogP contribution in [0.1, 0.15) is 48.0 Å². The molecule has 4 amide bonds. The van der Waals surface area contributed by atoms with Crippen molar-refractivity contribution in [1.82, 2.24) is 15.1 Å². The number of nitrogens with zero attached hydrogens (tertiary/aromatic N) is 2. The largest absolute Gasteiger partial charge is 0.491 e. The second-order valence-corrected chi connectivity index (χ2v) is 9.07. The van der Waals surface area contributed by atoms with E-state index >= 15 is 0 Å². The summed E-state index contributed by atoms with van der Waals surface area (Å²) < 4.78 is 10.9. The zero-order chi connectivity index (χ0) is 25.8. The number of methoxy groups -OCH3 is 1. The Morgan fingerprint density at radius 3 is 2.72 bits per heavy atom. The van der Waals surface area contributed by atoms with Gasteiger partial charge in [-0.05, 0) is 61.6 Å². The van der Waals surface area contributed by atoms with Crippen molar-refractivity contribution < 1.29 is 28.7 Å². The number of fused-ring (bicyclic) bond motifs is 1. The summed E-state index contributed by atoms with van der Waals surface area (Å²) in [7, 11) is 1.43. The first-order valence-corrected chi connectivity index (χ1v) is 12.0. The van der Waals surface area contributed by atoms with Gasteiger partial charge in [0.1, 0.15) is 18.4 Å². The highest BCUT2D eigenvalue weighted by Gasteiger charge is 2.39. The number of hydrogen-bond acceptors (Lipinski definition) is 8. The average Bonchev–Trinajstić information content (AvgIpc) is 3.20. The predicted octanol–water partition coefficient (Wildman–Crippen LogP) is 0.497. The highest BCUT2D eigenvalue weighted by molar-refractivity contribution is 6.05. The van der Waals surface area contributed by atoms with Crippen LogP contribution >= 0.6 is 0 Å². The van der Waals surface area contributed by atoms with Crippen molar-refractivity contribution in [3.63, 3.8) is 0 Å². The first-order chi connectivity index (χ1) is 17.3. The first kappa shape index (κ1) is 25.1. The molecule has 192 valence electrons. The number of carbonyl (C=O) groups is 4. The monoisotopic (exact) mass is 497 g/mol. The van der Waals surface area contributed by atoms with Crippen molar-refractivity contribution in [3.05, 3.63) is 53.1 Å². The zero-order valence-electron chi connectivity index (χ0n) is 20.2. The highest BCUT2D eigenvalue weighted by Crippen LogP contribution is 2.30. The molecule has 36 heavy (non-hydrogen) atoms. The zero-order valence-corrected chi connectivity index (χ0v) is 20.2. The molecule has 1 aromatic carbocycles. The molecule has 11 heteroatoms. The van der Waals surface area contributed by atoms with Crippen LogP contribution in [0.2, 0.25) is 0 Å². The average molecular weight is 498 g/mol. The summed E-state index contributed by atoms with van der Waals surface area (Å²) in [6.45, 7) is 1.12. The van der Waals surface area contributed by atoms with Gasteiger partial charge in [-0.15, -0.1) is 0 Å². The number of ether oxygens (including phenoxy) is 2. The summed E-state index contributed by atoms with van der Waals surface area (Å²) >= 11 is 0. The van der Waals surface area contributed by atoms with Gasteiger partial charge >= 0.3 is 0 Å². The van der Waals surface area contributed by atoms with Crippen LogP contribution in [0, 0.1) is 0 Å². The smallest absolute Gasteiger partial charge is 0.270 e. The maximum atomic E-state index is 12.9. The molecule has 1 aromatic rings. The van der Waals surface area contributed by atoms with E-state index in [0.717, 1.165) is 24.8 Å². The topological polar surface area (TPSA) is 157 Å². The lowest BCUT2D eigenvalue weighted by atomic mass is 10.0. The van der Waals surface area contributed by atoms with Crippen LogP contribution in [0.25, 0.3) is 0 Å². The van der Waals surface area contributed by atoms with Gasteiger partial charge in [0.05, 0.1) is 18.8 Å². The molecule has 0 saturated carbocycles.